The van der Waals surface area contributed by atoms with Gasteiger partial charge in [-0.2, -0.15) is 0 Å². The molecule has 0 heterocycles. The molecule has 13 heavy (non-hydrogen) atoms. The summed E-state index contributed by atoms with van der Waals surface area (Å²) in [4.78, 5) is 2.33. The van der Waals surface area contributed by atoms with Crippen molar-refractivity contribution in [1.82, 2.24) is 4.90 Å². The summed E-state index contributed by atoms with van der Waals surface area (Å²) in [7, 11) is 4.31. The van der Waals surface area contributed by atoms with E-state index in [4.69, 9.17) is 5.73 Å². The Morgan fingerprint density at radius 1 is 1.38 bits per heavy atom. The van der Waals surface area contributed by atoms with Crippen LogP contribution in [0.5, 0.6) is 0 Å². The zero-order valence-electron chi connectivity index (χ0n) is 9.72. The van der Waals surface area contributed by atoms with Gasteiger partial charge in [-0.25, -0.2) is 0 Å². The highest BCUT2D eigenvalue weighted by molar-refractivity contribution is 5.04. The Hall–Kier alpha value is -0.0800. The van der Waals surface area contributed by atoms with Crippen LogP contribution in [0.1, 0.15) is 33.6 Å². The van der Waals surface area contributed by atoms with Crippen LogP contribution in [0.4, 0.5) is 0 Å². The standard InChI is InChI=1S/C11H24N2/c1-9-6-10(2,3)7-11(9,8-12)13(4)5/h9H,6-8,12H2,1-5H3. The molecule has 78 valence electrons. The smallest absolute Gasteiger partial charge is 0.0356 e. The van der Waals surface area contributed by atoms with Crippen molar-refractivity contribution in [3.8, 4) is 0 Å². The second kappa shape index (κ2) is 3.25. The second-order valence-corrected chi connectivity index (χ2v) is 5.65. The third-order valence-electron chi connectivity index (χ3n) is 3.80. The summed E-state index contributed by atoms with van der Waals surface area (Å²) in [5, 5.41) is 0. The van der Waals surface area contributed by atoms with Crippen LogP contribution in [0.2, 0.25) is 0 Å². The normalized spacial score (nSPS) is 38.5. The topological polar surface area (TPSA) is 29.3 Å². The van der Waals surface area contributed by atoms with Gasteiger partial charge in [0, 0.05) is 12.1 Å². The molecule has 2 atom stereocenters. The first-order valence-electron chi connectivity index (χ1n) is 5.21. The van der Waals surface area contributed by atoms with Crippen molar-refractivity contribution in [3.63, 3.8) is 0 Å². The first kappa shape index (κ1) is 11.0. The van der Waals surface area contributed by atoms with E-state index in [9.17, 15) is 0 Å². The zero-order valence-corrected chi connectivity index (χ0v) is 9.72. The van der Waals surface area contributed by atoms with E-state index in [-0.39, 0.29) is 5.54 Å². The maximum absolute atomic E-state index is 5.94. The fourth-order valence-electron chi connectivity index (χ4n) is 3.15. The number of nitrogens with two attached hydrogens (primary N) is 1. The van der Waals surface area contributed by atoms with Crippen LogP contribution in [0, 0.1) is 11.3 Å². The highest BCUT2D eigenvalue weighted by Crippen LogP contribution is 2.49. The van der Waals surface area contributed by atoms with Gasteiger partial charge >= 0.3 is 0 Å². The van der Waals surface area contributed by atoms with Gasteiger partial charge in [-0.1, -0.05) is 20.8 Å². The first-order chi connectivity index (χ1) is 5.84. The third kappa shape index (κ3) is 1.75. The summed E-state index contributed by atoms with van der Waals surface area (Å²) in [6, 6.07) is 0. The van der Waals surface area contributed by atoms with Crippen molar-refractivity contribution < 1.29 is 0 Å². The molecule has 0 bridgehead atoms. The molecule has 0 aromatic heterocycles. The molecule has 0 aliphatic heterocycles. The van der Waals surface area contributed by atoms with Crippen LogP contribution in [-0.4, -0.2) is 31.1 Å². The summed E-state index contributed by atoms with van der Waals surface area (Å²) < 4.78 is 0. The molecule has 1 aliphatic carbocycles. The molecule has 0 aromatic carbocycles. The minimum absolute atomic E-state index is 0.240. The fourth-order valence-corrected chi connectivity index (χ4v) is 3.15. The maximum Gasteiger partial charge on any atom is 0.0356 e. The summed E-state index contributed by atoms with van der Waals surface area (Å²) in [6.07, 6.45) is 2.52. The number of rotatable bonds is 2. The predicted molar refractivity (Wildman–Crippen MR) is 57.7 cm³/mol. The molecule has 1 saturated carbocycles. The Bertz CT molecular complexity index is 187. The van der Waals surface area contributed by atoms with E-state index < -0.39 is 0 Å². The minimum atomic E-state index is 0.240. The van der Waals surface area contributed by atoms with Gasteiger partial charge in [-0.05, 0) is 38.3 Å². The first-order valence-corrected chi connectivity index (χ1v) is 5.21. The fraction of sp³-hybridized carbons (Fsp3) is 1.00. The zero-order chi connectivity index (χ0) is 10.3. The van der Waals surface area contributed by atoms with Crippen LogP contribution in [-0.2, 0) is 0 Å². The van der Waals surface area contributed by atoms with Gasteiger partial charge in [-0.3, -0.25) is 0 Å². The van der Waals surface area contributed by atoms with Crippen molar-refractivity contribution in [2.24, 2.45) is 17.1 Å². The van der Waals surface area contributed by atoms with Gasteiger partial charge in [0.15, 0.2) is 0 Å². The minimum Gasteiger partial charge on any atom is -0.329 e. The molecule has 0 amide bonds. The van der Waals surface area contributed by atoms with Crippen molar-refractivity contribution in [2.75, 3.05) is 20.6 Å². The number of hydrogen-bond acceptors (Lipinski definition) is 2. The lowest BCUT2D eigenvalue weighted by Gasteiger charge is -2.40. The average Bonchev–Trinajstić information content (AvgIpc) is 2.21. The van der Waals surface area contributed by atoms with E-state index in [0.29, 0.717) is 11.3 Å². The van der Waals surface area contributed by atoms with Crippen LogP contribution in [0.3, 0.4) is 0 Å². The Kier molecular flexibility index (Phi) is 2.75. The van der Waals surface area contributed by atoms with Gasteiger partial charge in [-0.15, -0.1) is 0 Å². The van der Waals surface area contributed by atoms with Gasteiger partial charge in [0.05, 0.1) is 0 Å². The SMILES string of the molecule is CC1CC(C)(C)CC1(CN)N(C)C. The lowest BCUT2D eigenvalue weighted by Crippen LogP contribution is -2.52. The van der Waals surface area contributed by atoms with Crippen molar-refractivity contribution in [2.45, 2.75) is 39.2 Å². The summed E-state index contributed by atoms with van der Waals surface area (Å²) >= 11 is 0. The molecule has 0 saturated heterocycles. The Balaban J connectivity index is 2.89. The molecule has 0 spiro atoms. The second-order valence-electron chi connectivity index (χ2n) is 5.65. The van der Waals surface area contributed by atoms with E-state index in [1.165, 1.54) is 12.8 Å². The van der Waals surface area contributed by atoms with Crippen molar-refractivity contribution >= 4 is 0 Å². The van der Waals surface area contributed by atoms with Crippen LogP contribution in [0.15, 0.2) is 0 Å². The van der Waals surface area contributed by atoms with Gasteiger partial charge < -0.3 is 10.6 Å². The molecule has 1 fully saturated rings. The largest absolute Gasteiger partial charge is 0.329 e. The Labute approximate surface area is 82.5 Å². The molecule has 2 unspecified atom stereocenters. The third-order valence-corrected chi connectivity index (χ3v) is 3.80. The molecular weight excluding hydrogens is 160 g/mol. The van der Waals surface area contributed by atoms with Crippen LogP contribution < -0.4 is 5.73 Å². The average molecular weight is 184 g/mol. The van der Waals surface area contributed by atoms with Gasteiger partial charge in [0.1, 0.15) is 0 Å². The summed E-state index contributed by atoms with van der Waals surface area (Å²) in [6.45, 7) is 7.82. The Morgan fingerprint density at radius 3 is 2.08 bits per heavy atom. The molecule has 2 N–H and O–H groups in total. The quantitative estimate of drug-likeness (QED) is 0.708. The highest BCUT2D eigenvalue weighted by Gasteiger charge is 2.48. The van der Waals surface area contributed by atoms with Gasteiger partial charge in [0.25, 0.3) is 0 Å². The van der Waals surface area contributed by atoms with Crippen LogP contribution in [0.25, 0.3) is 0 Å². The molecule has 2 nitrogen and oxygen atoms in total. The van der Waals surface area contributed by atoms with E-state index in [1.807, 2.05) is 0 Å². The molecule has 0 aromatic rings. The highest BCUT2D eigenvalue weighted by atomic mass is 15.2. The molecular formula is C11H24N2. The van der Waals surface area contributed by atoms with Crippen LogP contribution >= 0.6 is 0 Å². The molecule has 2 heteroatoms. The maximum atomic E-state index is 5.94. The number of hydrogen-bond donors (Lipinski definition) is 1. The monoisotopic (exact) mass is 184 g/mol. The number of likely N-dealkylation sites (N-methyl/N-ethyl adjacent to an activating group) is 1. The van der Waals surface area contributed by atoms with Crippen molar-refractivity contribution in [3.05, 3.63) is 0 Å². The van der Waals surface area contributed by atoms with E-state index in [0.717, 1.165) is 6.54 Å². The van der Waals surface area contributed by atoms with E-state index >= 15 is 0 Å². The van der Waals surface area contributed by atoms with Gasteiger partial charge in [0.2, 0.25) is 0 Å². The lowest BCUT2D eigenvalue weighted by atomic mass is 9.85. The summed E-state index contributed by atoms with van der Waals surface area (Å²) in [5.74, 6) is 0.711. The summed E-state index contributed by atoms with van der Waals surface area (Å²) in [5.41, 5.74) is 6.64. The Morgan fingerprint density at radius 2 is 1.92 bits per heavy atom. The predicted octanol–water partition coefficient (Wildman–Crippen LogP) is 1.70. The molecule has 1 aliphatic rings. The van der Waals surface area contributed by atoms with Crippen molar-refractivity contribution in [1.29, 1.82) is 0 Å². The molecule has 1 rings (SSSR count). The lowest BCUT2D eigenvalue weighted by molar-refractivity contribution is 0.114. The molecule has 0 radical (unpaired) electrons. The van der Waals surface area contributed by atoms with E-state index in [2.05, 4.69) is 39.8 Å². The number of nitrogens with zero attached hydrogens (tertiary/aromatic N) is 1. The van der Waals surface area contributed by atoms with E-state index in [1.54, 1.807) is 0 Å².